The number of esters is 1. The fraction of sp³-hybridized carbons (Fsp3) is 0.263. The largest absolute Gasteiger partial charge is 0.466 e. The first-order valence-corrected chi connectivity index (χ1v) is 8.11. The van der Waals surface area contributed by atoms with Gasteiger partial charge in [0.2, 0.25) is 0 Å². The molecule has 0 aromatic heterocycles. The van der Waals surface area contributed by atoms with Crippen LogP contribution in [0.15, 0.2) is 48.5 Å². The van der Waals surface area contributed by atoms with E-state index in [1.807, 2.05) is 0 Å². The van der Waals surface area contributed by atoms with Gasteiger partial charge < -0.3 is 14.7 Å². The molecule has 2 rings (SSSR count). The van der Waals surface area contributed by atoms with Gasteiger partial charge in [-0.2, -0.15) is 13.2 Å². The number of halogens is 4. The third kappa shape index (κ3) is 3.84. The number of aliphatic hydroxyl groups is 1. The summed E-state index contributed by atoms with van der Waals surface area (Å²) >= 11 is 0. The van der Waals surface area contributed by atoms with Crippen molar-refractivity contribution in [3.8, 4) is 0 Å². The summed E-state index contributed by atoms with van der Waals surface area (Å²) in [5.74, 6) is -3.05. The van der Waals surface area contributed by atoms with E-state index in [0.717, 1.165) is 37.4 Å². The van der Waals surface area contributed by atoms with E-state index in [9.17, 15) is 32.3 Å². The molecular weight excluding hydrogens is 382 g/mol. The van der Waals surface area contributed by atoms with E-state index in [2.05, 4.69) is 4.74 Å². The number of carbonyl (C=O) groups is 2. The molecule has 0 saturated heterocycles. The lowest BCUT2D eigenvalue weighted by Crippen LogP contribution is -2.49. The number of rotatable bonds is 5. The van der Waals surface area contributed by atoms with Crippen LogP contribution in [0.5, 0.6) is 0 Å². The van der Waals surface area contributed by atoms with Crippen molar-refractivity contribution in [3.63, 3.8) is 0 Å². The Morgan fingerprint density at radius 2 is 1.71 bits per heavy atom. The molecule has 2 aromatic rings. The number of hydrogen-bond acceptors (Lipinski definition) is 4. The van der Waals surface area contributed by atoms with Gasteiger partial charge in [-0.05, 0) is 37.3 Å². The van der Waals surface area contributed by atoms with E-state index in [1.54, 1.807) is 6.92 Å². The molecule has 9 heteroatoms. The van der Waals surface area contributed by atoms with Crippen LogP contribution in [0, 0.1) is 5.82 Å². The number of carbonyl (C=O) groups excluding carboxylic acids is 2. The van der Waals surface area contributed by atoms with Gasteiger partial charge in [-0.25, -0.2) is 9.18 Å². The van der Waals surface area contributed by atoms with Crippen LogP contribution in [0.4, 0.5) is 23.2 Å². The fourth-order valence-electron chi connectivity index (χ4n) is 2.65. The molecule has 0 aliphatic rings. The Balaban J connectivity index is 2.41. The minimum absolute atomic E-state index is 0.0623. The summed E-state index contributed by atoms with van der Waals surface area (Å²) in [7, 11) is 0.726. The molecule has 28 heavy (non-hydrogen) atoms. The zero-order valence-corrected chi connectivity index (χ0v) is 15.0. The predicted molar refractivity (Wildman–Crippen MR) is 92.2 cm³/mol. The summed E-state index contributed by atoms with van der Waals surface area (Å²) in [4.78, 5) is 25.4. The molecule has 0 bridgehead atoms. The molecule has 5 nitrogen and oxygen atoms in total. The average Bonchev–Trinajstić information content (AvgIpc) is 2.66. The Bertz CT molecular complexity index is 867. The maximum Gasteiger partial charge on any atom is 0.432 e. The summed E-state index contributed by atoms with van der Waals surface area (Å²) in [6.07, 6.45) is -5.32. The molecular formula is C19H17F4NO4. The van der Waals surface area contributed by atoms with Crippen LogP contribution in [-0.4, -0.2) is 36.8 Å². The number of nitrogens with zero attached hydrogens (tertiary/aromatic N) is 1. The molecule has 2 aromatic carbocycles. The highest BCUT2D eigenvalue weighted by Crippen LogP contribution is 2.40. The third-order valence-electron chi connectivity index (χ3n) is 4.12. The van der Waals surface area contributed by atoms with Gasteiger partial charge in [0.1, 0.15) is 5.82 Å². The van der Waals surface area contributed by atoms with Gasteiger partial charge >= 0.3 is 12.1 Å². The minimum Gasteiger partial charge on any atom is -0.466 e. The van der Waals surface area contributed by atoms with Crippen LogP contribution < -0.4 is 4.90 Å². The molecule has 0 fully saturated rings. The van der Waals surface area contributed by atoms with Gasteiger partial charge in [0, 0.05) is 23.4 Å². The van der Waals surface area contributed by atoms with Crippen LogP contribution >= 0.6 is 0 Å². The van der Waals surface area contributed by atoms with E-state index in [1.165, 1.54) is 23.1 Å². The van der Waals surface area contributed by atoms with E-state index in [0.29, 0.717) is 0 Å². The van der Waals surface area contributed by atoms with Gasteiger partial charge in [0.15, 0.2) is 0 Å². The summed E-state index contributed by atoms with van der Waals surface area (Å²) in [5, 5.41) is 9.97. The second kappa shape index (κ2) is 7.97. The number of methoxy groups -OCH3 is 1. The first-order valence-electron chi connectivity index (χ1n) is 8.11. The summed E-state index contributed by atoms with van der Waals surface area (Å²) in [6, 6.07) is 9.03. The molecule has 150 valence electrons. The molecule has 0 aliphatic heterocycles. The zero-order valence-electron chi connectivity index (χ0n) is 15.0. The Morgan fingerprint density at radius 1 is 1.11 bits per heavy atom. The first-order chi connectivity index (χ1) is 13.1. The van der Waals surface area contributed by atoms with Crippen LogP contribution in [-0.2, 0) is 15.1 Å². The predicted octanol–water partition coefficient (Wildman–Crippen LogP) is 3.42. The number of alkyl halides is 3. The van der Waals surface area contributed by atoms with Gasteiger partial charge in [-0.15, -0.1) is 0 Å². The monoisotopic (exact) mass is 399 g/mol. The maximum atomic E-state index is 13.4. The number of amides is 1. The molecule has 0 heterocycles. The van der Waals surface area contributed by atoms with Crippen molar-refractivity contribution in [3.05, 3.63) is 65.5 Å². The van der Waals surface area contributed by atoms with Crippen molar-refractivity contribution in [2.24, 2.45) is 0 Å². The second-order valence-electron chi connectivity index (χ2n) is 5.81. The quantitative estimate of drug-likeness (QED) is 0.618. The van der Waals surface area contributed by atoms with Crippen LogP contribution in [0.3, 0.4) is 0 Å². The Kier molecular flexibility index (Phi) is 6.08. The summed E-state index contributed by atoms with van der Waals surface area (Å²) in [6.45, 7) is 1.78. The summed E-state index contributed by atoms with van der Waals surface area (Å²) < 4.78 is 57.3. The van der Waals surface area contributed by atoms with E-state index in [4.69, 9.17) is 0 Å². The minimum atomic E-state index is -5.32. The van der Waals surface area contributed by atoms with Gasteiger partial charge in [-0.1, -0.05) is 18.2 Å². The van der Waals surface area contributed by atoms with E-state index in [-0.39, 0.29) is 17.8 Å². The SMILES string of the molecule is CCN(C(=O)c1cccc(F)c1)c1ccc([C@](O)(C(=O)OC)C(F)(F)F)cc1. The van der Waals surface area contributed by atoms with Gasteiger partial charge in [-0.3, -0.25) is 4.79 Å². The van der Waals surface area contributed by atoms with Gasteiger partial charge in [0.05, 0.1) is 7.11 Å². The van der Waals surface area contributed by atoms with Crippen molar-refractivity contribution in [1.82, 2.24) is 0 Å². The molecule has 0 saturated carbocycles. The van der Waals surface area contributed by atoms with Crippen LogP contribution in [0.2, 0.25) is 0 Å². The maximum absolute atomic E-state index is 13.4. The first kappa shape index (κ1) is 21.4. The Hall–Kier alpha value is -2.94. The fourth-order valence-corrected chi connectivity index (χ4v) is 2.65. The summed E-state index contributed by atoms with van der Waals surface area (Å²) in [5.41, 5.74) is -4.34. The molecule has 0 unspecified atom stereocenters. The van der Waals surface area contributed by atoms with Crippen molar-refractivity contribution < 1.29 is 37.0 Å². The third-order valence-corrected chi connectivity index (χ3v) is 4.12. The highest BCUT2D eigenvalue weighted by molar-refractivity contribution is 6.06. The standard InChI is InChI=1S/C19H17F4NO4/c1-3-24(16(25)12-5-4-6-14(20)11-12)15-9-7-13(8-10-15)18(27,17(26)28-2)19(21,22)23/h4-11,27H,3H2,1-2H3/t18-/m0/s1. The lowest BCUT2D eigenvalue weighted by atomic mass is 9.93. The lowest BCUT2D eigenvalue weighted by Gasteiger charge is -2.28. The van der Waals surface area contributed by atoms with Crippen molar-refractivity contribution >= 4 is 17.6 Å². The smallest absolute Gasteiger partial charge is 0.432 e. The molecule has 0 radical (unpaired) electrons. The molecule has 1 N–H and O–H groups in total. The zero-order chi connectivity index (χ0) is 21.1. The van der Waals surface area contributed by atoms with Crippen molar-refractivity contribution in [1.29, 1.82) is 0 Å². The average molecular weight is 399 g/mol. The normalized spacial score (nSPS) is 13.5. The topological polar surface area (TPSA) is 66.8 Å². The number of hydrogen-bond donors (Lipinski definition) is 1. The molecule has 1 atom stereocenters. The van der Waals surface area contributed by atoms with Crippen LogP contribution in [0.1, 0.15) is 22.8 Å². The number of benzene rings is 2. The van der Waals surface area contributed by atoms with Crippen LogP contribution in [0.25, 0.3) is 0 Å². The molecule has 1 amide bonds. The van der Waals surface area contributed by atoms with Crippen molar-refractivity contribution in [2.75, 3.05) is 18.6 Å². The van der Waals surface area contributed by atoms with Crippen molar-refractivity contribution in [2.45, 2.75) is 18.7 Å². The van der Waals surface area contributed by atoms with Gasteiger partial charge in [0.25, 0.3) is 11.5 Å². The molecule has 0 aliphatic carbocycles. The number of anilines is 1. The highest BCUT2D eigenvalue weighted by atomic mass is 19.4. The number of ether oxygens (including phenoxy) is 1. The Labute approximate surface area is 158 Å². The lowest BCUT2D eigenvalue weighted by molar-refractivity contribution is -0.266. The molecule has 0 spiro atoms. The van der Waals surface area contributed by atoms with E-state index >= 15 is 0 Å². The highest BCUT2D eigenvalue weighted by Gasteiger charge is 2.62. The Morgan fingerprint density at radius 3 is 2.18 bits per heavy atom. The van der Waals surface area contributed by atoms with E-state index < -0.39 is 35.0 Å². The second-order valence-corrected chi connectivity index (χ2v) is 5.81.